The van der Waals surface area contributed by atoms with E-state index in [2.05, 4.69) is 0 Å². The summed E-state index contributed by atoms with van der Waals surface area (Å²) in [5.41, 5.74) is 5.22. The Labute approximate surface area is 79.0 Å². The molecule has 1 saturated heterocycles. The molecule has 4 heteroatoms. The molecule has 0 saturated carbocycles. The van der Waals surface area contributed by atoms with E-state index >= 15 is 0 Å². The Bertz CT molecular complexity index is 206. The second-order valence-corrected chi connectivity index (χ2v) is 4.06. The summed E-state index contributed by atoms with van der Waals surface area (Å²) in [4.78, 5) is 13.2. The van der Waals surface area contributed by atoms with E-state index in [-0.39, 0.29) is 24.2 Å². The topological polar surface area (TPSA) is 55.6 Å². The summed E-state index contributed by atoms with van der Waals surface area (Å²) >= 11 is 0. The minimum atomic E-state index is -0.363. The number of hydrogen-bond donors (Lipinski definition) is 1. The molecule has 4 nitrogen and oxygen atoms in total. The number of hydrogen-bond acceptors (Lipinski definition) is 3. The summed E-state index contributed by atoms with van der Waals surface area (Å²) in [7, 11) is 0. The van der Waals surface area contributed by atoms with E-state index in [0.717, 1.165) is 0 Å². The monoisotopic (exact) mass is 186 g/mol. The highest BCUT2D eigenvalue weighted by Gasteiger charge is 2.35. The molecule has 1 rings (SSSR count). The van der Waals surface area contributed by atoms with Crippen molar-refractivity contribution in [1.82, 2.24) is 4.90 Å². The van der Waals surface area contributed by atoms with E-state index in [1.54, 1.807) is 0 Å². The van der Waals surface area contributed by atoms with Crippen LogP contribution in [0.4, 0.5) is 0 Å². The fraction of sp³-hybridized carbons (Fsp3) is 0.889. The lowest BCUT2D eigenvalue weighted by molar-refractivity contribution is -0.162. The fourth-order valence-corrected chi connectivity index (χ4v) is 1.41. The Hall–Kier alpha value is -0.610. The Morgan fingerprint density at radius 3 is 2.77 bits per heavy atom. The standard InChI is InChI=1S/C9H18N2O2/c1-7(2)11-6-9(3,5-10)13-4-8(11)12/h7H,4-6,10H2,1-3H3. The molecule has 1 fully saturated rings. The summed E-state index contributed by atoms with van der Waals surface area (Å²) in [5, 5.41) is 0. The highest BCUT2D eigenvalue weighted by Crippen LogP contribution is 2.18. The number of nitrogens with two attached hydrogens (primary N) is 1. The van der Waals surface area contributed by atoms with Crippen LogP contribution >= 0.6 is 0 Å². The Morgan fingerprint density at radius 2 is 2.31 bits per heavy atom. The zero-order chi connectivity index (χ0) is 10.1. The molecule has 1 unspecified atom stereocenters. The first kappa shape index (κ1) is 10.5. The van der Waals surface area contributed by atoms with E-state index < -0.39 is 0 Å². The number of ether oxygens (including phenoxy) is 1. The van der Waals surface area contributed by atoms with E-state index in [4.69, 9.17) is 10.5 Å². The second-order valence-electron chi connectivity index (χ2n) is 4.06. The van der Waals surface area contributed by atoms with Crippen LogP contribution in [0.15, 0.2) is 0 Å². The SMILES string of the molecule is CC(C)N1CC(C)(CN)OCC1=O. The first-order valence-corrected chi connectivity index (χ1v) is 4.62. The predicted octanol–water partition coefficient (Wildman–Crippen LogP) is -0.0290. The molecule has 1 amide bonds. The van der Waals surface area contributed by atoms with Crippen molar-refractivity contribution in [2.24, 2.45) is 5.73 Å². The number of amides is 1. The average molecular weight is 186 g/mol. The molecule has 1 aliphatic rings. The highest BCUT2D eigenvalue weighted by atomic mass is 16.5. The Balaban J connectivity index is 2.68. The largest absolute Gasteiger partial charge is 0.362 e. The first-order valence-electron chi connectivity index (χ1n) is 4.62. The molecule has 0 aromatic heterocycles. The zero-order valence-electron chi connectivity index (χ0n) is 8.54. The minimum absolute atomic E-state index is 0.0564. The van der Waals surface area contributed by atoms with Gasteiger partial charge in [-0.1, -0.05) is 0 Å². The number of morpholine rings is 1. The number of rotatable bonds is 2. The van der Waals surface area contributed by atoms with Gasteiger partial charge in [-0.05, 0) is 20.8 Å². The molecule has 1 atom stereocenters. The zero-order valence-corrected chi connectivity index (χ0v) is 8.54. The highest BCUT2D eigenvalue weighted by molar-refractivity contribution is 5.78. The van der Waals surface area contributed by atoms with Crippen molar-refractivity contribution in [3.05, 3.63) is 0 Å². The number of nitrogens with zero attached hydrogens (tertiary/aromatic N) is 1. The van der Waals surface area contributed by atoms with Crippen molar-refractivity contribution < 1.29 is 9.53 Å². The van der Waals surface area contributed by atoms with Crippen LogP contribution in [-0.2, 0) is 9.53 Å². The van der Waals surface area contributed by atoms with Crippen molar-refractivity contribution in [2.75, 3.05) is 19.7 Å². The summed E-state index contributed by atoms with van der Waals surface area (Å²) in [5.74, 6) is 0.0564. The third kappa shape index (κ3) is 2.19. The van der Waals surface area contributed by atoms with Gasteiger partial charge in [0.25, 0.3) is 0 Å². The minimum Gasteiger partial charge on any atom is -0.362 e. The molecular formula is C9H18N2O2. The molecule has 13 heavy (non-hydrogen) atoms. The molecule has 0 aliphatic carbocycles. The van der Waals surface area contributed by atoms with Gasteiger partial charge in [0, 0.05) is 12.6 Å². The molecule has 1 aliphatic heterocycles. The van der Waals surface area contributed by atoms with Gasteiger partial charge in [0.05, 0.1) is 12.1 Å². The van der Waals surface area contributed by atoms with E-state index in [1.165, 1.54) is 0 Å². The molecule has 0 bridgehead atoms. The quantitative estimate of drug-likeness (QED) is 0.659. The maximum Gasteiger partial charge on any atom is 0.248 e. The lowest BCUT2D eigenvalue weighted by Gasteiger charge is -2.41. The van der Waals surface area contributed by atoms with Gasteiger partial charge in [-0.25, -0.2) is 0 Å². The van der Waals surface area contributed by atoms with Gasteiger partial charge in [0.15, 0.2) is 0 Å². The van der Waals surface area contributed by atoms with E-state index in [1.807, 2.05) is 25.7 Å². The van der Waals surface area contributed by atoms with Gasteiger partial charge in [-0.2, -0.15) is 0 Å². The van der Waals surface area contributed by atoms with Gasteiger partial charge in [-0.15, -0.1) is 0 Å². The lowest BCUT2D eigenvalue weighted by Crippen LogP contribution is -2.58. The van der Waals surface area contributed by atoms with Gasteiger partial charge in [0.1, 0.15) is 6.61 Å². The summed E-state index contributed by atoms with van der Waals surface area (Å²) < 4.78 is 5.39. The molecule has 1 heterocycles. The second kappa shape index (κ2) is 3.64. The third-order valence-corrected chi connectivity index (χ3v) is 2.42. The normalized spacial score (nSPS) is 29.9. The van der Waals surface area contributed by atoms with Crippen LogP contribution in [0.25, 0.3) is 0 Å². The first-order chi connectivity index (χ1) is 5.98. The molecule has 0 radical (unpaired) electrons. The molecule has 0 spiro atoms. The lowest BCUT2D eigenvalue weighted by atomic mass is 10.0. The van der Waals surface area contributed by atoms with Gasteiger partial charge >= 0.3 is 0 Å². The van der Waals surface area contributed by atoms with Crippen molar-refractivity contribution in [1.29, 1.82) is 0 Å². The fourth-order valence-electron chi connectivity index (χ4n) is 1.41. The Morgan fingerprint density at radius 1 is 1.69 bits per heavy atom. The average Bonchev–Trinajstić information content (AvgIpc) is 2.09. The third-order valence-electron chi connectivity index (χ3n) is 2.42. The van der Waals surface area contributed by atoms with Crippen molar-refractivity contribution >= 4 is 5.91 Å². The Kier molecular flexibility index (Phi) is 2.93. The number of carbonyl (C=O) groups excluding carboxylic acids is 1. The predicted molar refractivity (Wildman–Crippen MR) is 50.3 cm³/mol. The van der Waals surface area contributed by atoms with Crippen molar-refractivity contribution in [2.45, 2.75) is 32.4 Å². The summed E-state index contributed by atoms with van der Waals surface area (Å²) in [6.45, 7) is 7.14. The van der Waals surface area contributed by atoms with Gasteiger partial charge < -0.3 is 15.4 Å². The smallest absolute Gasteiger partial charge is 0.248 e. The van der Waals surface area contributed by atoms with E-state index in [9.17, 15) is 4.79 Å². The maximum atomic E-state index is 11.4. The van der Waals surface area contributed by atoms with Crippen LogP contribution in [0.1, 0.15) is 20.8 Å². The van der Waals surface area contributed by atoms with Crippen LogP contribution in [-0.4, -0.2) is 42.1 Å². The summed E-state index contributed by atoms with van der Waals surface area (Å²) in [6.07, 6.45) is 0. The summed E-state index contributed by atoms with van der Waals surface area (Å²) in [6, 6.07) is 0.224. The molecule has 2 N–H and O–H groups in total. The van der Waals surface area contributed by atoms with Crippen LogP contribution in [0.3, 0.4) is 0 Å². The van der Waals surface area contributed by atoms with Crippen LogP contribution in [0.5, 0.6) is 0 Å². The van der Waals surface area contributed by atoms with Gasteiger partial charge in [0.2, 0.25) is 5.91 Å². The maximum absolute atomic E-state index is 11.4. The van der Waals surface area contributed by atoms with Gasteiger partial charge in [-0.3, -0.25) is 4.79 Å². The van der Waals surface area contributed by atoms with Crippen molar-refractivity contribution in [3.8, 4) is 0 Å². The van der Waals surface area contributed by atoms with Crippen molar-refractivity contribution in [3.63, 3.8) is 0 Å². The molecular weight excluding hydrogens is 168 g/mol. The van der Waals surface area contributed by atoms with Crippen LogP contribution in [0, 0.1) is 0 Å². The molecule has 0 aromatic carbocycles. The van der Waals surface area contributed by atoms with Crippen LogP contribution < -0.4 is 5.73 Å². The molecule has 76 valence electrons. The van der Waals surface area contributed by atoms with E-state index in [0.29, 0.717) is 13.1 Å². The molecule has 0 aromatic rings. The van der Waals surface area contributed by atoms with Crippen LogP contribution in [0.2, 0.25) is 0 Å². The number of carbonyl (C=O) groups is 1.